The monoisotopic (exact) mass is 537 g/mol. The summed E-state index contributed by atoms with van der Waals surface area (Å²) < 4.78 is 21.3. The van der Waals surface area contributed by atoms with E-state index in [4.69, 9.17) is 18.9 Å². The van der Waals surface area contributed by atoms with Gasteiger partial charge >= 0.3 is 0 Å². The van der Waals surface area contributed by atoms with Gasteiger partial charge in [-0.1, -0.05) is 18.2 Å². The number of methoxy groups -OCH3 is 4. The maximum absolute atomic E-state index is 13.0. The van der Waals surface area contributed by atoms with Crippen molar-refractivity contribution < 1.29 is 33.3 Å². The van der Waals surface area contributed by atoms with Gasteiger partial charge in [-0.2, -0.15) is 0 Å². The van der Waals surface area contributed by atoms with Crippen molar-refractivity contribution in [1.29, 1.82) is 0 Å². The normalized spacial score (nSPS) is 14.6. The van der Waals surface area contributed by atoms with Crippen LogP contribution in [0.1, 0.15) is 31.7 Å². The van der Waals surface area contributed by atoms with Crippen LogP contribution in [0.4, 0.5) is 5.69 Å². The fourth-order valence-electron chi connectivity index (χ4n) is 3.94. The summed E-state index contributed by atoms with van der Waals surface area (Å²) in [5.41, 5.74) is 4.59. The van der Waals surface area contributed by atoms with Gasteiger partial charge in [0.15, 0.2) is 11.5 Å². The Bertz CT molecular complexity index is 1320. The summed E-state index contributed by atoms with van der Waals surface area (Å²) in [6.45, 7) is 0. The molecule has 1 aliphatic rings. The first-order valence-electron chi connectivity index (χ1n) is 11.5. The van der Waals surface area contributed by atoms with E-state index in [1.165, 1.54) is 38.1 Å². The quantitative estimate of drug-likeness (QED) is 0.423. The van der Waals surface area contributed by atoms with Gasteiger partial charge in [0.05, 0.1) is 34.2 Å². The van der Waals surface area contributed by atoms with E-state index in [1.807, 2.05) is 24.3 Å². The smallest absolute Gasteiger partial charge is 0.269 e. The van der Waals surface area contributed by atoms with Crippen molar-refractivity contribution in [2.75, 3.05) is 39.5 Å². The number of para-hydroxylation sites is 1. The van der Waals surface area contributed by atoms with Crippen LogP contribution in [0.15, 0.2) is 60.7 Å². The van der Waals surface area contributed by atoms with Crippen LogP contribution in [0.25, 0.3) is 0 Å². The summed E-state index contributed by atoms with van der Waals surface area (Å²) in [7, 11) is 5.98. The van der Waals surface area contributed by atoms with Crippen LogP contribution in [0.2, 0.25) is 0 Å². The Morgan fingerprint density at radius 3 is 2.05 bits per heavy atom. The Morgan fingerprint density at radius 2 is 1.45 bits per heavy atom. The van der Waals surface area contributed by atoms with Crippen molar-refractivity contribution in [3.63, 3.8) is 0 Å². The number of hydrazine groups is 1. The summed E-state index contributed by atoms with van der Waals surface area (Å²) in [4.78, 5) is 38.4. The summed E-state index contributed by atoms with van der Waals surface area (Å²) in [6.07, 6.45) is 0. The molecule has 3 aromatic rings. The molecule has 1 fully saturated rings. The number of carbonyl (C=O) groups excluding carboxylic acids is 3. The van der Waals surface area contributed by atoms with E-state index in [2.05, 4.69) is 10.7 Å². The molecule has 0 aromatic heterocycles. The number of rotatable bonds is 9. The van der Waals surface area contributed by atoms with E-state index in [-0.39, 0.29) is 11.7 Å². The van der Waals surface area contributed by atoms with Gasteiger partial charge in [0, 0.05) is 22.4 Å². The first kappa shape index (κ1) is 26.7. The fraction of sp³-hybridized carbons (Fsp3) is 0.222. The molecule has 0 saturated carbocycles. The lowest BCUT2D eigenvalue weighted by atomic mass is 10.1. The van der Waals surface area contributed by atoms with Crippen LogP contribution in [-0.4, -0.2) is 56.9 Å². The number of carbonyl (C=O) groups is 3. The minimum Gasteiger partial charge on any atom is -0.496 e. The molecule has 198 valence electrons. The van der Waals surface area contributed by atoms with Crippen LogP contribution in [0.5, 0.6) is 23.0 Å². The lowest BCUT2D eigenvalue weighted by molar-refractivity contribution is -0.130. The minimum absolute atomic E-state index is 0.214. The summed E-state index contributed by atoms with van der Waals surface area (Å²) >= 11 is 1.40. The number of thioether (sulfide) groups is 1. The largest absolute Gasteiger partial charge is 0.496 e. The number of benzene rings is 3. The van der Waals surface area contributed by atoms with E-state index < -0.39 is 17.2 Å². The molecule has 4 rings (SSSR count). The molecule has 1 saturated heterocycles. The van der Waals surface area contributed by atoms with E-state index in [9.17, 15) is 14.4 Å². The second-order valence-electron chi connectivity index (χ2n) is 8.06. The fourth-order valence-corrected chi connectivity index (χ4v) is 5.07. The third-order valence-electron chi connectivity index (χ3n) is 5.83. The summed E-state index contributed by atoms with van der Waals surface area (Å²) in [5, 5.41) is 3.69. The molecule has 1 atom stereocenters. The van der Waals surface area contributed by atoms with Crippen molar-refractivity contribution in [3.8, 4) is 23.0 Å². The number of ether oxygens (including phenoxy) is 4. The predicted molar refractivity (Wildman–Crippen MR) is 143 cm³/mol. The van der Waals surface area contributed by atoms with Crippen molar-refractivity contribution in [2.24, 2.45) is 0 Å². The molecule has 0 radical (unpaired) electrons. The SMILES string of the molecule is COc1ccccc1C1SCC(=O)N1NC(=O)c1ccc(NC(=O)c2cc(OC)c(OC)c(OC)c2)cc1. The highest BCUT2D eigenvalue weighted by molar-refractivity contribution is 8.00. The van der Waals surface area contributed by atoms with Gasteiger partial charge in [0.2, 0.25) is 5.75 Å². The maximum Gasteiger partial charge on any atom is 0.269 e. The minimum atomic E-state index is -0.455. The van der Waals surface area contributed by atoms with E-state index in [1.54, 1.807) is 43.5 Å². The Hall–Kier alpha value is -4.38. The predicted octanol–water partition coefficient (Wildman–Crippen LogP) is 3.89. The number of nitrogens with zero attached hydrogens (tertiary/aromatic N) is 1. The average Bonchev–Trinajstić information content (AvgIpc) is 3.31. The van der Waals surface area contributed by atoms with Crippen molar-refractivity contribution in [3.05, 3.63) is 77.4 Å². The zero-order valence-electron chi connectivity index (χ0n) is 21.3. The molecule has 11 heteroatoms. The van der Waals surface area contributed by atoms with Crippen LogP contribution in [-0.2, 0) is 4.79 Å². The number of hydrogen-bond donors (Lipinski definition) is 2. The molecule has 3 aromatic carbocycles. The standard InChI is InChI=1S/C27H27N3O7S/c1-34-20-8-6-5-7-19(20)27-30(23(31)15-38-27)29-26(33)16-9-11-18(12-10-16)28-25(32)17-13-21(35-2)24(37-4)22(14-17)36-3/h5-14,27H,15H2,1-4H3,(H,28,32)(H,29,33). The van der Waals surface area contributed by atoms with Crippen molar-refractivity contribution in [1.82, 2.24) is 10.4 Å². The third-order valence-corrected chi connectivity index (χ3v) is 7.02. The van der Waals surface area contributed by atoms with Gasteiger partial charge < -0.3 is 24.3 Å². The second kappa shape index (κ2) is 11.8. The van der Waals surface area contributed by atoms with Gasteiger partial charge in [-0.05, 0) is 42.5 Å². The molecule has 38 heavy (non-hydrogen) atoms. The molecular formula is C27H27N3O7S. The molecule has 1 unspecified atom stereocenters. The number of nitrogens with one attached hydrogen (secondary N) is 2. The van der Waals surface area contributed by atoms with Crippen LogP contribution in [0.3, 0.4) is 0 Å². The molecule has 0 spiro atoms. The maximum atomic E-state index is 13.0. The molecular weight excluding hydrogens is 510 g/mol. The Kier molecular flexibility index (Phi) is 8.27. The van der Waals surface area contributed by atoms with Crippen LogP contribution in [0, 0.1) is 0 Å². The first-order chi connectivity index (χ1) is 18.4. The average molecular weight is 538 g/mol. The molecule has 10 nitrogen and oxygen atoms in total. The Morgan fingerprint density at radius 1 is 0.816 bits per heavy atom. The molecule has 2 N–H and O–H groups in total. The Labute approximate surface area is 224 Å². The highest BCUT2D eigenvalue weighted by Gasteiger charge is 2.36. The summed E-state index contributed by atoms with van der Waals surface area (Å²) in [6, 6.07) is 16.8. The topological polar surface area (TPSA) is 115 Å². The first-order valence-corrected chi connectivity index (χ1v) is 12.5. The van der Waals surface area contributed by atoms with E-state index >= 15 is 0 Å². The molecule has 1 heterocycles. The zero-order chi connectivity index (χ0) is 27.2. The molecule has 0 bridgehead atoms. The van der Waals surface area contributed by atoms with Crippen molar-refractivity contribution in [2.45, 2.75) is 5.37 Å². The highest BCUT2D eigenvalue weighted by Crippen LogP contribution is 2.41. The Balaban J connectivity index is 1.46. The van der Waals surface area contributed by atoms with Gasteiger partial charge in [0.1, 0.15) is 11.1 Å². The zero-order valence-corrected chi connectivity index (χ0v) is 22.1. The second-order valence-corrected chi connectivity index (χ2v) is 9.12. The highest BCUT2D eigenvalue weighted by atomic mass is 32.2. The van der Waals surface area contributed by atoms with E-state index in [0.717, 1.165) is 5.56 Å². The van der Waals surface area contributed by atoms with Gasteiger partial charge in [0.25, 0.3) is 17.7 Å². The number of anilines is 1. The molecule has 1 aliphatic heterocycles. The number of hydrogen-bond acceptors (Lipinski definition) is 8. The summed E-state index contributed by atoms with van der Waals surface area (Å²) in [5.74, 6) is 0.873. The van der Waals surface area contributed by atoms with Crippen LogP contribution >= 0.6 is 11.8 Å². The van der Waals surface area contributed by atoms with Gasteiger partial charge in [-0.3, -0.25) is 19.8 Å². The molecule has 0 aliphatic carbocycles. The lowest BCUT2D eigenvalue weighted by Gasteiger charge is -2.25. The van der Waals surface area contributed by atoms with E-state index in [0.29, 0.717) is 39.8 Å². The molecule has 3 amide bonds. The van der Waals surface area contributed by atoms with Crippen LogP contribution < -0.4 is 29.7 Å². The van der Waals surface area contributed by atoms with Crippen molar-refractivity contribution >= 4 is 35.2 Å². The van der Waals surface area contributed by atoms with Gasteiger partial charge in [-0.15, -0.1) is 11.8 Å². The third kappa shape index (κ3) is 5.47. The number of amides is 3. The lowest BCUT2D eigenvalue weighted by Crippen LogP contribution is -2.44. The van der Waals surface area contributed by atoms with Gasteiger partial charge in [-0.25, -0.2) is 5.01 Å².